The van der Waals surface area contributed by atoms with Gasteiger partial charge in [0, 0.05) is 23.6 Å². The average molecular weight is 292 g/mol. The van der Waals surface area contributed by atoms with Gasteiger partial charge >= 0.3 is 0 Å². The summed E-state index contributed by atoms with van der Waals surface area (Å²) in [5, 5.41) is 4.33. The molecule has 0 unspecified atom stereocenters. The van der Waals surface area contributed by atoms with Crippen LogP contribution in [0.3, 0.4) is 0 Å². The van der Waals surface area contributed by atoms with Crippen molar-refractivity contribution in [1.29, 1.82) is 0 Å². The molecule has 0 amide bonds. The van der Waals surface area contributed by atoms with Gasteiger partial charge in [-0.15, -0.1) is 11.8 Å². The van der Waals surface area contributed by atoms with Gasteiger partial charge in [-0.25, -0.2) is 4.39 Å². The van der Waals surface area contributed by atoms with E-state index in [9.17, 15) is 9.18 Å². The SMILES string of the molecule is CCn1nc(C)cc1CC(=O)CSc1ccc(F)cc1. The summed E-state index contributed by atoms with van der Waals surface area (Å²) in [4.78, 5) is 12.9. The van der Waals surface area contributed by atoms with E-state index < -0.39 is 0 Å². The molecule has 2 rings (SSSR count). The zero-order valence-corrected chi connectivity index (χ0v) is 12.4. The molecule has 0 N–H and O–H groups in total. The highest BCUT2D eigenvalue weighted by Gasteiger charge is 2.10. The van der Waals surface area contributed by atoms with Crippen LogP contribution in [0.1, 0.15) is 18.3 Å². The number of aromatic nitrogens is 2. The Morgan fingerprint density at radius 3 is 2.70 bits per heavy atom. The van der Waals surface area contributed by atoms with Crippen molar-refractivity contribution in [3.63, 3.8) is 0 Å². The van der Waals surface area contributed by atoms with E-state index in [2.05, 4.69) is 5.10 Å². The molecule has 20 heavy (non-hydrogen) atoms. The smallest absolute Gasteiger partial charge is 0.149 e. The number of hydrogen-bond acceptors (Lipinski definition) is 3. The van der Waals surface area contributed by atoms with Crippen LogP contribution >= 0.6 is 11.8 Å². The molecule has 0 radical (unpaired) electrons. The van der Waals surface area contributed by atoms with E-state index in [0.717, 1.165) is 22.8 Å². The second kappa shape index (κ2) is 6.70. The van der Waals surface area contributed by atoms with Crippen LogP contribution in [-0.4, -0.2) is 21.3 Å². The molecule has 2 aromatic rings. The second-order valence-corrected chi connectivity index (χ2v) is 5.60. The first kappa shape index (κ1) is 14.8. The van der Waals surface area contributed by atoms with Crippen LogP contribution in [0.15, 0.2) is 35.2 Å². The molecular weight excluding hydrogens is 275 g/mol. The molecule has 3 nitrogen and oxygen atoms in total. The quantitative estimate of drug-likeness (QED) is 0.767. The molecule has 0 aliphatic heterocycles. The van der Waals surface area contributed by atoms with Gasteiger partial charge in [0.15, 0.2) is 0 Å². The Labute approximate surface area is 122 Å². The zero-order valence-electron chi connectivity index (χ0n) is 11.6. The van der Waals surface area contributed by atoms with Gasteiger partial charge < -0.3 is 0 Å². The van der Waals surface area contributed by atoms with Crippen LogP contribution in [0, 0.1) is 12.7 Å². The summed E-state index contributed by atoms with van der Waals surface area (Å²) >= 11 is 1.43. The van der Waals surface area contributed by atoms with Crippen molar-refractivity contribution in [3.05, 3.63) is 47.5 Å². The summed E-state index contributed by atoms with van der Waals surface area (Å²) in [6, 6.07) is 8.13. The molecule has 0 spiro atoms. The molecule has 0 saturated heterocycles. The third-order valence-corrected chi connectivity index (χ3v) is 3.95. The standard InChI is InChI=1S/C15H17FN2OS/c1-3-18-13(8-11(2)17-18)9-14(19)10-20-15-6-4-12(16)5-7-15/h4-8H,3,9-10H2,1-2H3. The highest BCUT2D eigenvalue weighted by Crippen LogP contribution is 2.18. The lowest BCUT2D eigenvalue weighted by Crippen LogP contribution is -2.11. The summed E-state index contributed by atoms with van der Waals surface area (Å²) in [6.45, 7) is 4.70. The first-order valence-corrected chi connectivity index (χ1v) is 7.50. The van der Waals surface area contributed by atoms with Crippen LogP contribution in [-0.2, 0) is 17.8 Å². The van der Waals surface area contributed by atoms with E-state index in [1.54, 1.807) is 12.1 Å². The van der Waals surface area contributed by atoms with Gasteiger partial charge in [0.25, 0.3) is 0 Å². The molecule has 0 aliphatic carbocycles. The maximum absolute atomic E-state index is 12.8. The summed E-state index contributed by atoms with van der Waals surface area (Å²) in [5.74, 6) is 0.275. The number of hydrogen-bond donors (Lipinski definition) is 0. The molecule has 106 valence electrons. The molecule has 0 saturated carbocycles. The fraction of sp³-hybridized carbons (Fsp3) is 0.333. The Kier molecular flexibility index (Phi) is 4.95. The maximum atomic E-state index is 12.8. The van der Waals surface area contributed by atoms with Gasteiger partial charge in [-0.05, 0) is 44.2 Å². The van der Waals surface area contributed by atoms with Crippen molar-refractivity contribution in [1.82, 2.24) is 9.78 Å². The molecule has 0 aliphatic rings. The Bertz CT molecular complexity index is 592. The van der Waals surface area contributed by atoms with Crippen molar-refractivity contribution in [2.75, 3.05) is 5.75 Å². The summed E-state index contributed by atoms with van der Waals surface area (Å²) in [6.07, 6.45) is 0.392. The van der Waals surface area contributed by atoms with E-state index in [1.165, 1.54) is 23.9 Å². The number of thioether (sulfide) groups is 1. The third-order valence-electron chi connectivity index (χ3n) is 2.88. The molecular formula is C15H17FN2OS. The number of carbonyl (C=O) groups is 1. The third kappa shape index (κ3) is 3.93. The Hall–Kier alpha value is -1.62. The number of benzene rings is 1. The zero-order chi connectivity index (χ0) is 14.5. The minimum absolute atomic E-state index is 0.147. The number of nitrogens with zero attached hydrogens (tertiary/aromatic N) is 2. The topological polar surface area (TPSA) is 34.9 Å². The van der Waals surface area contributed by atoms with E-state index in [0.29, 0.717) is 12.2 Å². The van der Waals surface area contributed by atoms with Gasteiger partial charge in [-0.2, -0.15) is 5.10 Å². The van der Waals surface area contributed by atoms with Crippen LogP contribution in [0.25, 0.3) is 0 Å². The second-order valence-electron chi connectivity index (χ2n) is 4.55. The summed E-state index contributed by atoms with van der Waals surface area (Å²) < 4.78 is 14.6. The van der Waals surface area contributed by atoms with Crippen LogP contribution in [0.2, 0.25) is 0 Å². The van der Waals surface area contributed by atoms with Crippen molar-refractivity contribution < 1.29 is 9.18 Å². The predicted octanol–water partition coefficient (Wildman–Crippen LogP) is 3.25. The lowest BCUT2D eigenvalue weighted by atomic mass is 10.2. The molecule has 1 aromatic carbocycles. The summed E-state index contributed by atoms with van der Waals surface area (Å²) in [7, 11) is 0. The van der Waals surface area contributed by atoms with Crippen LogP contribution < -0.4 is 0 Å². The van der Waals surface area contributed by atoms with Gasteiger partial charge in [-0.3, -0.25) is 9.48 Å². The Morgan fingerprint density at radius 1 is 1.35 bits per heavy atom. The van der Waals surface area contributed by atoms with Gasteiger partial charge in [0.2, 0.25) is 0 Å². The monoisotopic (exact) mass is 292 g/mol. The fourth-order valence-electron chi connectivity index (χ4n) is 1.96. The number of rotatable bonds is 6. The van der Waals surface area contributed by atoms with Crippen LogP contribution in [0.5, 0.6) is 0 Å². The Morgan fingerprint density at radius 2 is 2.05 bits per heavy atom. The molecule has 0 fully saturated rings. The minimum atomic E-state index is -0.261. The molecule has 5 heteroatoms. The first-order valence-electron chi connectivity index (χ1n) is 6.52. The normalized spacial score (nSPS) is 10.8. The molecule has 1 heterocycles. The largest absolute Gasteiger partial charge is 0.298 e. The van der Waals surface area contributed by atoms with Gasteiger partial charge in [0.05, 0.1) is 11.4 Å². The minimum Gasteiger partial charge on any atom is -0.298 e. The Balaban J connectivity index is 1.90. The lowest BCUT2D eigenvalue weighted by Gasteiger charge is -2.04. The highest BCUT2D eigenvalue weighted by atomic mass is 32.2. The highest BCUT2D eigenvalue weighted by molar-refractivity contribution is 8.00. The van der Waals surface area contributed by atoms with Crippen LogP contribution in [0.4, 0.5) is 4.39 Å². The fourth-order valence-corrected chi connectivity index (χ4v) is 2.72. The van der Waals surface area contributed by atoms with Crippen molar-refractivity contribution in [2.45, 2.75) is 31.7 Å². The number of Topliss-reactive ketones (excluding diaryl/α,β-unsaturated/α-hetero) is 1. The summed E-state index contributed by atoms with van der Waals surface area (Å²) in [5.41, 5.74) is 1.88. The van der Waals surface area contributed by atoms with Crippen molar-refractivity contribution >= 4 is 17.5 Å². The van der Waals surface area contributed by atoms with Gasteiger partial charge in [0.1, 0.15) is 11.6 Å². The number of carbonyl (C=O) groups excluding carboxylic acids is 1. The lowest BCUT2D eigenvalue weighted by molar-refractivity contribution is -0.116. The number of aryl methyl sites for hydroxylation is 2. The van der Waals surface area contributed by atoms with Gasteiger partial charge in [-0.1, -0.05) is 0 Å². The van der Waals surface area contributed by atoms with Crippen molar-refractivity contribution in [2.24, 2.45) is 0 Å². The molecule has 0 atom stereocenters. The van der Waals surface area contributed by atoms with E-state index in [1.807, 2.05) is 24.6 Å². The van der Waals surface area contributed by atoms with Crippen molar-refractivity contribution in [3.8, 4) is 0 Å². The number of ketones is 1. The van der Waals surface area contributed by atoms with E-state index in [-0.39, 0.29) is 11.6 Å². The van der Waals surface area contributed by atoms with E-state index in [4.69, 9.17) is 0 Å². The predicted molar refractivity (Wildman–Crippen MR) is 78.5 cm³/mol. The first-order chi connectivity index (χ1) is 9.58. The number of halogens is 1. The maximum Gasteiger partial charge on any atom is 0.149 e. The average Bonchev–Trinajstić information content (AvgIpc) is 2.78. The van der Waals surface area contributed by atoms with E-state index >= 15 is 0 Å². The molecule has 1 aromatic heterocycles. The molecule has 0 bridgehead atoms.